The first kappa shape index (κ1) is 21.3. The van der Waals surface area contributed by atoms with Crippen LogP contribution in [-0.4, -0.2) is 30.6 Å². The largest absolute Gasteiger partial charge is 0.493 e. The number of anilines is 1. The number of nitrogens with one attached hydrogen (secondary N) is 1. The quantitative estimate of drug-likeness (QED) is 0.380. The fraction of sp³-hybridized carbons (Fsp3) is 0.150. The predicted molar refractivity (Wildman–Crippen MR) is 120 cm³/mol. The molecule has 29 heavy (non-hydrogen) atoms. The van der Waals surface area contributed by atoms with Gasteiger partial charge in [0.05, 0.1) is 24.4 Å². The average Bonchev–Trinajstić information content (AvgIpc) is 2.68. The number of nitrogens with zero attached hydrogens (tertiary/aromatic N) is 1. The van der Waals surface area contributed by atoms with E-state index in [0.717, 1.165) is 0 Å². The third kappa shape index (κ3) is 4.29. The van der Waals surface area contributed by atoms with Crippen LogP contribution in [0.25, 0.3) is 6.08 Å². The van der Waals surface area contributed by atoms with Crippen molar-refractivity contribution >= 4 is 68.4 Å². The molecule has 9 heteroatoms. The van der Waals surface area contributed by atoms with Gasteiger partial charge in [-0.15, -0.1) is 0 Å². The van der Waals surface area contributed by atoms with Crippen LogP contribution < -0.4 is 19.7 Å². The number of rotatable bonds is 5. The number of halogens is 2. The molecule has 1 N–H and O–H groups in total. The Morgan fingerprint density at radius 3 is 2.62 bits per heavy atom. The number of para-hydroxylation sites is 1. The topological polar surface area (TPSA) is 67.9 Å². The number of methoxy groups -OCH3 is 1. The summed E-state index contributed by atoms with van der Waals surface area (Å²) < 4.78 is 11.5. The van der Waals surface area contributed by atoms with E-state index in [2.05, 4.69) is 21.2 Å². The average molecular weight is 496 g/mol. The van der Waals surface area contributed by atoms with Gasteiger partial charge in [0.2, 0.25) is 0 Å². The van der Waals surface area contributed by atoms with E-state index in [4.69, 9.17) is 33.3 Å². The predicted octanol–water partition coefficient (Wildman–Crippen LogP) is 4.34. The first-order valence-electron chi connectivity index (χ1n) is 8.53. The summed E-state index contributed by atoms with van der Waals surface area (Å²) in [6.07, 6.45) is 1.47. The lowest BCUT2D eigenvalue weighted by atomic mass is 10.1. The van der Waals surface area contributed by atoms with Crippen LogP contribution in [0, 0.1) is 0 Å². The molecule has 1 saturated heterocycles. The van der Waals surface area contributed by atoms with Gasteiger partial charge in [-0.05, 0) is 55.0 Å². The molecule has 3 rings (SSSR count). The fourth-order valence-corrected chi connectivity index (χ4v) is 3.69. The number of hydrogen-bond donors (Lipinski definition) is 1. The van der Waals surface area contributed by atoms with Gasteiger partial charge in [-0.25, -0.2) is 0 Å². The number of benzene rings is 2. The fourth-order valence-electron chi connectivity index (χ4n) is 2.75. The number of thiocarbonyl (C=S) groups is 1. The number of carbonyl (C=O) groups is 2. The summed E-state index contributed by atoms with van der Waals surface area (Å²) in [5, 5.41) is 2.84. The molecule has 1 fully saturated rings. The lowest BCUT2D eigenvalue weighted by Crippen LogP contribution is -2.54. The van der Waals surface area contributed by atoms with Crippen molar-refractivity contribution in [3.05, 3.63) is 57.0 Å². The van der Waals surface area contributed by atoms with Crippen LogP contribution in [0.4, 0.5) is 5.69 Å². The van der Waals surface area contributed by atoms with Crippen LogP contribution in [0.1, 0.15) is 12.5 Å². The first-order valence-corrected chi connectivity index (χ1v) is 10.1. The molecule has 2 amide bonds. The molecule has 1 heterocycles. The van der Waals surface area contributed by atoms with Gasteiger partial charge in [0.25, 0.3) is 11.8 Å². The van der Waals surface area contributed by atoms with Crippen LogP contribution >= 0.6 is 39.7 Å². The van der Waals surface area contributed by atoms with Crippen molar-refractivity contribution in [2.45, 2.75) is 6.92 Å². The van der Waals surface area contributed by atoms with Gasteiger partial charge < -0.3 is 9.47 Å². The maximum atomic E-state index is 13.1. The third-order valence-electron chi connectivity index (χ3n) is 4.08. The summed E-state index contributed by atoms with van der Waals surface area (Å²) in [4.78, 5) is 26.8. The molecule has 1 aliphatic heterocycles. The van der Waals surface area contributed by atoms with Gasteiger partial charge in [0.15, 0.2) is 16.6 Å². The van der Waals surface area contributed by atoms with E-state index in [1.165, 1.54) is 18.1 Å². The third-order valence-corrected chi connectivity index (χ3v) is 5.37. The van der Waals surface area contributed by atoms with Crippen molar-refractivity contribution in [1.29, 1.82) is 0 Å². The van der Waals surface area contributed by atoms with Crippen molar-refractivity contribution in [2.24, 2.45) is 0 Å². The van der Waals surface area contributed by atoms with Gasteiger partial charge in [0, 0.05) is 4.47 Å². The standard InChI is InChI=1S/C20H16BrClN2O4S/c1-3-28-17-9-11(13(21)10-16(17)27-2)8-12-18(25)23-20(29)24(19(12)26)15-7-5-4-6-14(15)22/h4-10H,3H2,1-2H3,(H,23,25,29)/b12-8+. The van der Waals surface area contributed by atoms with Gasteiger partial charge in [-0.1, -0.05) is 39.7 Å². The molecule has 0 spiro atoms. The zero-order chi connectivity index (χ0) is 21.1. The first-order chi connectivity index (χ1) is 13.9. The minimum absolute atomic E-state index is 0.0333. The molecule has 0 unspecified atom stereocenters. The molecular weight excluding hydrogens is 480 g/mol. The van der Waals surface area contributed by atoms with E-state index < -0.39 is 11.8 Å². The van der Waals surface area contributed by atoms with Crippen molar-refractivity contribution in [2.75, 3.05) is 18.6 Å². The molecule has 6 nitrogen and oxygen atoms in total. The molecule has 0 aliphatic carbocycles. The molecule has 0 saturated carbocycles. The molecular formula is C20H16BrClN2O4S. The van der Waals surface area contributed by atoms with E-state index in [9.17, 15) is 9.59 Å². The van der Waals surface area contributed by atoms with E-state index in [0.29, 0.717) is 38.9 Å². The highest BCUT2D eigenvalue weighted by molar-refractivity contribution is 9.10. The van der Waals surface area contributed by atoms with Crippen molar-refractivity contribution in [3.8, 4) is 11.5 Å². The van der Waals surface area contributed by atoms with E-state index >= 15 is 0 Å². The summed E-state index contributed by atoms with van der Waals surface area (Å²) in [6.45, 7) is 2.28. The van der Waals surface area contributed by atoms with E-state index in [1.54, 1.807) is 36.4 Å². The molecule has 0 aromatic heterocycles. The van der Waals surface area contributed by atoms with Crippen molar-refractivity contribution in [1.82, 2.24) is 5.32 Å². The maximum Gasteiger partial charge on any atom is 0.270 e. The minimum Gasteiger partial charge on any atom is -0.493 e. The van der Waals surface area contributed by atoms with Crippen LogP contribution in [0.15, 0.2) is 46.4 Å². The van der Waals surface area contributed by atoms with Crippen LogP contribution in [-0.2, 0) is 9.59 Å². The summed E-state index contributed by atoms with van der Waals surface area (Å²) in [6, 6.07) is 10.2. The molecule has 1 aliphatic rings. The Morgan fingerprint density at radius 1 is 1.24 bits per heavy atom. The second kappa shape index (κ2) is 8.94. The number of amides is 2. The molecule has 0 atom stereocenters. The van der Waals surface area contributed by atoms with E-state index in [1.807, 2.05) is 6.92 Å². The van der Waals surface area contributed by atoms with E-state index in [-0.39, 0.29) is 10.7 Å². The zero-order valence-corrected chi connectivity index (χ0v) is 18.7. The second-order valence-corrected chi connectivity index (χ2v) is 7.52. The Labute approximate surface area is 186 Å². The monoisotopic (exact) mass is 494 g/mol. The summed E-state index contributed by atoms with van der Waals surface area (Å²) >= 11 is 14.9. The summed E-state index contributed by atoms with van der Waals surface area (Å²) in [5.41, 5.74) is 0.866. The lowest BCUT2D eigenvalue weighted by Gasteiger charge is -2.29. The Hall–Kier alpha value is -2.42. The van der Waals surface area contributed by atoms with Crippen LogP contribution in [0.2, 0.25) is 5.02 Å². The maximum absolute atomic E-state index is 13.1. The summed E-state index contributed by atoms with van der Waals surface area (Å²) in [7, 11) is 1.53. The van der Waals surface area contributed by atoms with Gasteiger partial charge >= 0.3 is 0 Å². The molecule has 2 aromatic rings. The second-order valence-electron chi connectivity index (χ2n) is 5.87. The van der Waals surface area contributed by atoms with Gasteiger partial charge in [-0.2, -0.15) is 0 Å². The Kier molecular flexibility index (Phi) is 6.56. The van der Waals surface area contributed by atoms with Gasteiger partial charge in [0.1, 0.15) is 5.57 Å². The summed E-state index contributed by atoms with van der Waals surface area (Å²) in [5.74, 6) is -0.150. The molecule has 2 aromatic carbocycles. The minimum atomic E-state index is -0.594. The highest BCUT2D eigenvalue weighted by Crippen LogP contribution is 2.35. The Morgan fingerprint density at radius 2 is 1.97 bits per heavy atom. The van der Waals surface area contributed by atoms with Crippen molar-refractivity contribution < 1.29 is 19.1 Å². The normalized spacial score (nSPS) is 15.5. The van der Waals surface area contributed by atoms with Crippen LogP contribution in [0.5, 0.6) is 11.5 Å². The highest BCUT2D eigenvalue weighted by Gasteiger charge is 2.35. The Bertz CT molecular complexity index is 1040. The molecule has 0 radical (unpaired) electrons. The number of carbonyl (C=O) groups excluding carboxylic acids is 2. The molecule has 0 bridgehead atoms. The Balaban J connectivity index is 2.08. The van der Waals surface area contributed by atoms with Crippen molar-refractivity contribution in [3.63, 3.8) is 0 Å². The van der Waals surface area contributed by atoms with Crippen LogP contribution in [0.3, 0.4) is 0 Å². The molecule has 150 valence electrons. The number of hydrogen-bond acceptors (Lipinski definition) is 5. The zero-order valence-electron chi connectivity index (χ0n) is 15.5. The van der Waals surface area contributed by atoms with Gasteiger partial charge in [-0.3, -0.25) is 19.8 Å². The highest BCUT2D eigenvalue weighted by atomic mass is 79.9. The smallest absolute Gasteiger partial charge is 0.270 e. The lowest BCUT2D eigenvalue weighted by molar-refractivity contribution is -0.122. The number of ether oxygens (including phenoxy) is 2. The SMILES string of the molecule is CCOc1cc(/C=C2\C(=O)NC(=S)N(c3ccccc3Cl)C2=O)c(Br)cc1OC.